The van der Waals surface area contributed by atoms with Crippen LogP contribution in [0.4, 0.5) is 0 Å². The maximum absolute atomic E-state index is 2.42. The van der Waals surface area contributed by atoms with Crippen molar-refractivity contribution in [2.75, 3.05) is 0 Å². The minimum Gasteiger partial charge on any atom is -0.201 e. The van der Waals surface area contributed by atoms with Gasteiger partial charge in [0.05, 0.1) is 0 Å². The zero-order chi connectivity index (χ0) is 20.7. The summed E-state index contributed by atoms with van der Waals surface area (Å²) < 4.78 is 2.24. The van der Waals surface area contributed by atoms with Crippen LogP contribution in [-0.4, -0.2) is 0 Å². The van der Waals surface area contributed by atoms with Gasteiger partial charge in [-0.2, -0.15) is 0 Å². The molecular weight excluding hydrogens is 338 g/mol. The quantitative estimate of drug-likeness (QED) is 0.438. The molecule has 0 aliphatic heterocycles. The fraction of sp³-hybridized carbons (Fsp3) is 0.370. The van der Waals surface area contributed by atoms with Crippen molar-refractivity contribution in [1.29, 1.82) is 0 Å². The first kappa shape index (κ1) is 20.3. The fourth-order valence-corrected chi connectivity index (χ4v) is 3.76. The van der Waals surface area contributed by atoms with E-state index in [2.05, 4.69) is 121 Å². The van der Waals surface area contributed by atoms with Gasteiger partial charge in [-0.1, -0.05) is 77.9 Å². The molecule has 0 aliphatic rings. The Kier molecular flexibility index (Phi) is 5.23. The molecule has 0 saturated heterocycles. The standard InChI is InChI=1S/C27H34N/c1-19-16-23(20-12-10-9-11-13-20)24(27(5,6)7)18-22(19)25-17-21(26(2,3)4)14-15-28(25)8/h9-18H,1-8H3/q+1. The zero-order valence-electron chi connectivity index (χ0n) is 18.7. The summed E-state index contributed by atoms with van der Waals surface area (Å²) in [6.07, 6.45) is 2.19. The average molecular weight is 373 g/mol. The first-order valence-electron chi connectivity index (χ1n) is 10.2. The zero-order valence-corrected chi connectivity index (χ0v) is 18.7. The SMILES string of the molecule is Cc1cc(-c2ccccc2)c(C(C)(C)C)cc1-c1cc(C(C)(C)C)cc[n+]1C. The van der Waals surface area contributed by atoms with Crippen molar-refractivity contribution in [2.24, 2.45) is 7.05 Å². The molecule has 146 valence electrons. The fourth-order valence-electron chi connectivity index (χ4n) is 3.76. The lowest BCUT2D eigenvalue weighted by Gasteiger charge is -2.25. The van der Waals surface area contributed by atoms with E-state index in [1.807, 2.05) is 0 Å². The van der Waals surface area contributed by atoms with Crippen molar-refractivity contribution >= 4 is 0 Å². The molecule has 1 heteroatoms. The normalized spacial score (nSPS) is 12.3. The molecule has 1 aromatic heterocycles. The van der Waals surface area contributed by atoms with E-state index >= 15 is 0 Å². The molecule has 28 heavy (non-hydrogen) atoms. The topological polar surface area (TPSA) is 3.88 Å². The van der Waals surface area contributed by atoms with Gasteiger partial charge in [0.15, 0.2) is 6.20 Å². The molecule has 0 bridgehead atoms. The second kappa shape index (κ2) is 7.20. The number of rotatable bonds is 2. The largest absolute Gasteiger partial charge is 0.212 e. The highest BCUT2D eigenvalue weighted by Crippen LogP contribution is 2.38. The van der Waals surface area contributed by atoms with E-state index < -0.39 is 0 Å². The number of benzene rings is 2. The number of hydrogen-bond acceptors (Lipinski definition) is 0. The van der Waals surface area contributed by atoms with Crippen LogP contribution < -0.4 is 4.57 Å². The van der Waals surface area contributed by atoms with Crippen LogP contribution in [0.5, 0.6) is 0 Å². The first-order chi connectivity index (χ1) is 13.0. The van der Waals surface area contributed by atoms with Gasteiger partial charge in [0, 0.05) is 17.7 Å². The van der Waals surface area contributed by atoms with Gasteiger partial charge < -0.3 is 0 Å². The van der Waals surface area contributed by atoms with E-state index in [9.17, 15) is 0 Å². The van der Waals surface area contributed by atoms with Gasteiger partial charge in [-0.25, -0.2) is 4.57 Å². The smallest absolute Gasteiger partial charge is 0.201 e. The van der Waals surface area contributed by atoms with Crippen LogP contribution in [0.1, 0.15) is 58.2 Å². The highest BCUT2D eigenvalue weighted by Gasteiger charge is 2.25. The van der Waals surface area contributed by atoms with Gasteiger partial charge >= 0.3 is 0 Å². The summed E-state index contributed by atoms with van der Waals surface area (Å²) in [5.41, 5.74) is 9.48. The van der Waals surface area contributed by atoms with Gasteiger partial charge in [-0.15, -0.1) is 0 Å². The Morgan fingerprint density at radius 3 is 1.93 bits per heavy atom. The number of aryl methyl sites for hydroxylation is 2. The molecule has 0 amide bonds. The lowest BCUT2D eigenvalue weighted by Crippen LogP contribution is -2.32. The first-order valence-corrected chi connectivity index (χ1v) is 10.2. The van der Waals surface area contributed by atoms with E-state index in [4.69, 9.17) is 0 Å². The molecule has 0 fully saturated rings. The Balaban J connectivity index is 2.28. The summed E-state index contributed by atoms with van der Waals surface area (Å²) in [6, 6.07) is 20.1. The molecule has 0 N–H and O–H groups in total. The molecule has 0 unspecified atom stereocenters. The average Bonchev–Trinajstić information content (AvgIpc) is 2.61. The molecule has 0 atom stereocenters. The Morgan fingerprint density at radius 1 is 0.714 bits per heavy atom. The van der Waals surface area contributed by atoms with Gasteiger partial charge in [0.2, 0.25) is 5.69 Å². The third-order valence-electron chi connectivity index (χ3n) is 5.55. The van der Waals surface area contributed by atoms with E-state index in [-0.39, 0.29) is 10.8 Å². The summed E-state index contributed by atoms with van der Waals surface area (Å²) >= 11 is 0. The van der Waals surface area contributed by atoms with Gasteiger partial charge in [0.1, 0.15) is 7.05 Å². The molecule has 0 radical (unpaired) electrons. The highest BCUT2D eigenvalue weighted by molar-refractivity contribution is 5.75. The predicted molar refractivity (Wildman–Crippen MR) is 121 cm³/mol. The highest BCUT2D eigenvalue weighted by atomic mass is 14.9. The molecular formula is C27H34N+. The minimum atomic E-state index is 0.0633. The van der Waals surface area contributed by atoms with Crippen LogP contribution in [0.15, 0.2) is 60.8 Å². The van der Waals surface area contributed by atoms with Gasteiger partial charge in [0.25, 0.3) is 0 Å². The van der Waals surface area contributed by atoms with E-state index in [0.717, 1.165) is 0 Å². The molecule has 0 aliphatic carbocycles. The minimum absolute atomic E-state index is 0.0633. The maximum Gasteiger partial charge on any atom is 0.212 e. The Bertz CT molecular complexity index is 983. The lowest BCUT2D eigenvalue weighted by atomic mass is 9.79. The molecule has 2 aromatic carbocycles. The van der Waals surface area contributed by atoms with Crippen molar-refractivity contribution in [3.05, 3.63) is 77.5 Å². The summed E-state index contributed by atoms with van der Waals surface area (Å²) in [4.78, 5) is 0. The van der Waals surface area contributed by atoms with Crippen LogP contribution >= 0.6 is 0 Å². The molecule has 3 aromatic rings. The predicted octanol–water partition coefficient (Wildman–Crippen LogP) is 6.75. The molecule has 3 rings (SSSR count). The summed E-state index contributed by atoms with van der Waals surface area (Å²) in [7, 11) is 2.14. The molecule has 0 spiro atoms. The second-order valence-electron chi connectivity index (χ2n) is 9.99. The van der Waals surface area contributed by atoms with E-state index in [0.29, 0.717) is 0 Å². The third kappa shape index (κ3) is 4.04. The number of nitrogens with zero attached hydrogens (tertiary/aromatic N) is 1. The third-order valence-corrected chi connectivity index (χ3v) is 5.55. The van der Waals surface area contributed by atoms with Gasteiger partial charge in [-0.3, -0.25) is 0 Å². The van der Waals surface area contributed by atoms with Crippen molar-refractivity contribution in [2.45, 2.75) is 59.3 Å². The second-order valence-corrected chi connectivity index (χ2v) is 9.99. The van der Waals surface area contributed by atoms with Crippen LogP contribution in [0.25, 0.3) is 22.4 Å². The van der Waals surface area contributed by atoms with Crippen molar-refractivity contribution < 1.29 is 4.57 Å². The summed E-state index contributed by atoms with van der Waals surface area (Å²) in [6.45, 7) is 16.0. The number of aromatic nitrogens is 1. The van der Waals surface area contributed by atoms with E-state index in [1.54, 1.807) is 0 Å². The number of pyridine rings is 1. The Hall–Kier alpha value is -2.41. The Labute approximate surface area is 171 Å². The Morgan fingerprint density at radius 2 is 1.36 bits per heavy atom. The van der Waals surface area contributed by atoms with Crippen molar-refractivity contribution in [3.8, 4) is 22.4 Å². The maximum atomic E-state index is 2.42. The van der Waals surface area contributed by atoms with Crippen LogP contribution in [0.2, 0.25) is 0 Å². The van der Waals surface area contributed by atoms with Gasteiger partial charge in [-0.05, 0) is 51.6 Å². The van der Waals surface area contributed by atoms with Crippen LogP contribution in [-0.2, 0) is 17.9 Å². The monoisotopic (exact) mass is 372 g/mol. The van der Waals surface area contributed by atoms with Crippen LogP contribution in [0.3, 0.4) is 0 Å². The summed E-state index contributed by atoms with van der Waals surface area (Å²) in [5, 5.41) is 0. The lowest BCUT2D eigenvalue weighted by molar-refractivity contribution is -0.660. The molecule has 1 nitrogen and oxygen atoms in total. The van der Waals surface area contributed by atoms with E-state index in [1.165, 1.54) is 39.1 Å². The molecule has 1 heterocycles. The summed E-state index contributed by atoms with van der Waals surface area (Å²) in [5.74, 6) is 0. The number of hydrogen-bond donors (Lipinski definition) is 0. The van der Waals surface area contributed by atoms with Crippen LogP contribution in [0, 0.1) is 6.92 Å². The van der Waals surface area contributed by atoms with Crippen molar-refractivity contribution in [3.63, 3.8) is 0 Å². The molecule has 0 saturated carbocycles. The van der Waals surface area contributed by atoms with Crippen molar-refractivity contribution in [1.82, 2.24) is 0 Å².